The van der Waals surface area contributed by atoms with Gasteiger partial charge in [-0.05, 0) is 55.7 Å². The van der Waals surface area contributed by atoms with E-state index < -0.39 is 7.14 Å². The van der Waals surface area contributed by atoms with Gasteiger partial charge < -0.3 is 4.57 Å². The third-order valence-corrected chi connectivity index (χ3v) is 10.6. The van der Waals surface area contributed by atoms with Crippen LogP contribution in [0.4, 0.5) is 4.39 Å². The van der Waals surface area contributed by atoms with E-state index in [-0.39, 0.29) is 23.7 Å². The minimum atomic E-state index is -2.68. The van der Waals surface area contributed by atoms with Crippen LogP contribution in [0.3, 0.4) is 0 Å². The lowest BCUT2D eigenvalue weighted by Crippen LogP contribution is -2.60. The fraction of sp³-hybridized carbons (Fsp3) is 0.682. The first-order valence-corrected chi connectivity index (χ1v) is 13.3. The van der Waals surface area contributed by atoms with Gasteiger partial charge in [-0.15, -0.1) is 0 Å². The molecule has 2 saturated heterocycles. The highest BCUT2D eigenvalue weighted by molar-refractivity contribution is 7.71. The molecule has 1 amide bonds. The standard InChI is InChI=1S/C22H31FN3O2P/c23-19-8-5-15(13-20-17-3-1-2-4-18(17)22(27)25-24-20)14-21(19)29(28)11-9-26(10-12-29)16-6-7-16/h5,8,14,16-18,20,24H,1-4,6-7,9-13H2,(H,25,27). The molecule has 3 unspecified atom stereocenters. The van der Waals surface area contributed by atoms with Crippen molar-refractivity contribution in [1.29, 1.82) is 0 Å². The number of halogens is 1. The summed E-state index contributed by atoms with van der Waals surface area (Å²) in [6.45, 7) is 1.65. The van der Waals surface area contributed by atoms with Crippen LogP contribution in [-0.2, 0) is 15.8 Å². The Morgan fingerprint density at radius 1 is 1.10 bits per heavy atom. The zero-order chi connectivity index (χ0) is 20.0. The summed E-state index contributed by atoms with van der Waals surface area (Å²) in [6.07, 6.45) is 8.69. The zero-order valence-electron chi connectivity index (χ0n) is 16.9. The van der Waals surface area contributed by atoms with Gasteiger partial charge in [-0.3, -0.25) is 15.1 Å². The van der Waals surface area contributed by atoms with Gasteiger partial charge in [0.25, 0.3) is 0 Å². The Morgan fingerprint density at radius 3 is 2.62 bits per heavy atom. The van der Waals surface area contributed by atoms with E-state index in [0.717, 1.165) is 50.8 Å². The fourth-order valence-electron chi connectivity index (χ4n) is 5.63. The Kier molecular flexibility index (Phi) is 5.30. The van der Waals surface area contributed by atoms with E-state index in [4.69, 9.17) is 0 Å². The zero-order valence-corrected chi connectivity index (χ0v) is 17.8. The molecule has 3 atom stereocenters. The lowest BCUT2D eigenvalue weighted by molar-refractivity contribution is -0.133. The highest BCUT2D eigenvalue weighted by Gasteiger charge is 2.41. The van der Waals surface area contributed by atoms with Gasteiger partial charge in [0.1, 0.15) is 13.0 Å². The van der Waals surface area contributed by atoms with Crippen LogP contribution in [0, 0.1) is 17.7 Å². The smallest absolute Gasteiger partial charge is 0.237 e. The first kappa shape index (κ1) is 19.7. The number of rotatable bonds is 4. The van der Waals surface area contributed by atoms with Gasteiger partial charge in [0.05, 0.1) is 0 Å². The van der Waals surface area contributed by atoms with E-state index in [2.05, 4.69) is 15.8 Å². The normalized spacial score (nSPS) is 32.4. The molecule has 2 saturated carbocycles. The maximum atomic E-state index is 14.7. The second-order valence-corrected chi connectivity index (χ2v) is 12.5. The molecule has 2 N–H and O–H groups in total. The first-order valence-electron chi connectivity index (χ1n) is 11.2. The van der Waals surface area contributed by atoms with E-state index >= 15 is 0 Å². The molecular formula is C22H31FN3O2P. The summed E-state index contributed by atoms with van der Waals surface area (Å²) in [5, 5.41) is 0.450. The van der Waals surface area contributed by atoms with Crippen molar-refractivity contribution in [3.05, 3.63) is 29.6 Å². The predicted octanol–water partition coefficient (Wildman–Crippen LogP) is 2.64. The Morgan fingerprint density at radius 2 is 1.86 bits per heavy atom. The van der Waals surface area contributed by atoms with Crippen molar-refractivity contribution in [1.82, 2.24) is 15.8 Å². The molecule has 0 radical (unpaired) electrons. The first-order chi connectivity index (χ1) is 14.0. The molecule has 1 aromatic carbocycles. The second-order valence-electron chi connectivity index (χ2n) is 9.39. The predicted molar refractivity (Wildman–Crippen MR) is 112 cm³/mol. The molecule has 5 nitrogen and oxygen atoms in total. The number of fused-ring (bicyclic) bond motifs is 1. The number of carbonyl (C=O) groups is 1. The van der Waals surface area contributed by atoms with Crippen molar-refractivity contribution >= 4 is 18.4 Å². The van der Waals surface area contributed by atoms with Gasteiger partial charge in [-0.1, -0.05) is 18.9 Å². The van der Waals surface area contributed by atoms with Crippen molar-refractivity contribution in [2.45, 2.75) is 57.0 Å². The van der Waals surface area contributed by atoms with Gasteiger partial charge in [0.2, 0.25) is 5.91 Å². The SMILES string of the molecule is O=C1NNC(Cc2ccc(F)c(P3(=O)CCN(C4CC4)CC3)c2)C2CCCCC12. The molecule has 4 fully saturated rings. The third-order valence-electron chi connectivity index (χ3n) is 7.52. The van der Waals surface area contributed by atoms with Crippen LogP contribution in [0.15, 0.2) is 18.2 Å². The highest BCUT2D eigenvalue weighted by atomic mass is 31.2. The van der Waals surface area contributed by atoms with E-state index in [1.165, 1.54) is 18.9 Å². The molecule has 7 heteroatoms. The van der Waals surface area contributed by atoms with E-state index in [0.29, 0.717) is 29.6 Å². The van der Waals surface area contributed by atoms with E-state index in [1.807, 2.05) is 12.1 Å². The van der Waals surface area contributed by atoms with Crippen LogP contribution >= 0.6 is 7.14 Å². The van der Waals surface area contributed by atoms with Crippen LogP contribution in [-0.4, -0.2) is 48.3 Å². The lowest BCUT2D eigenvalue weighted by atomic mass is 9.72. The van der Waals surface area contributed by atoms with Gasteiger partial charge >= 0.3 is 0 Å². The topological polar surface area (TPSA) is 61.4 Å². The van der Waals surface area contributed by atoms with Crippen LogP contribution in [0.2, 0.25) is 0 Å². The lowest BCUT2D eigenvalue weighted by Gasteiger charge is -2.41. The van der Waals surface area contributed by atoms with Crippen LogP contribution < -0.4 is 16.2 Å². The number of carbonyl (C=O) groups excluding carboxylic acids is 1. The maximum Gasteiger partial charge on any atom is 0.237 e. The largest absolute Gasteiger partial charge is 0.318 e. The molecule has 0 bridgehead atoms. The summed E-state index contributed by atoms with van der Waals surface area (Å²) in [4.78, 5) is 14.6. The number of hydrogen-bond acceptors (Lipinski definition) is 4. The third kappa shape index (κ3) is 3.92. The van der Waals surface area contributed by atoms with Gasteiger partial charge in [0, 0.05) is 48.7 Å². The minimum Gasteiger partial charge on any atom is -0.318 e. The molecule has 29 heavy (non-hydrogen) atoms. The van der Waals surface area contributed by atoms with E-state index in [1.54, 1.807) is 0 Å². The molecule has 2 aliphatic carbocycles. The summed E-state index contributed by atoms with van der Waals surface area (Å²) < 4.78 is 28.3. The average Bonchev–Trinajstić information content (AvgIpc) is 3.57. The van der Waals surface area contributed by atoms with Crippen molar-refractivity contribution in [3.63, 3.8) is 0 Å². The number of nitrogens with zero attached hydrogens (tertiary/aromatic N) is 1. The Balaban J connectivity index is 1.33. The highest BCUT2D eigenvalue weighted by Crippen LogP contribution is 2.48. The summed E-state index contributed by atoms with van der Waals surface area (Å²) in [6, 6.07) is 6.00. The number of nitrogens with one attached hydrogen (secondary N) is 2. The molecule has 2 aliphatic heterocycles. The summed E-state index contributed by atoms with van der Waals surface area (Å²) in [5.41, 5.74) is 7.06. The van der Waals surface area contributed by atoms with Gasteiger partial charge in [-0.2, -0.15) is 0 Å². The molecule has 0 aromatic heterocycles. The van der Waals surface area contributed by atoms with Crippen molar-refractivity contribution in [3.8, 4) is 0 Å². The van der Waals surface area contributed by atoms with E-state index in [9.17, 15) is 13.8 Å². The molecule has 0 spiro atoms. The van der Waals surface area contributed by atoms with Crippen molar-refractivity contribution in [2.75, 3.05) is 25.4 Å². The monoisotopic (exact) mass is 419 g/mol. The number of hydrogen-bond donors (Lipinski definition) is 2. The molecule has 2 heterocycles. The van der Waals surface area contributed by atoms with Crippen LogP contribution in [0.1, 0.15) is 44.1 Å². The Hall–Kier alpha value is -1.23. The van der Waals surface area contributed by atoms with Crippen LogP contribution in [0.25, 0.3) is 0 Å². The summed E-state index contributed by atoms with van der Waals surface area (Å²) >= 11 is 0. The average molecular weight is 419 g/mol. The number of amides is 1. The maximum absolute atomic E-state index is 14.7. The molecule has 4 aliphatic rings. The van der Waals surface area contributed by atoms with Crippen LogP contribution in [0.5, 0.6) is 0 Å². The summed E-state index contributed by atoms with van der Waals surface area (Å²) in [7, 11) is -2.68. The second kappa shape index (κ2) is 7.79. The Bertz CT molecular complexity index is 831. The fourth-order valence-corrected chi connectivity index (χ4v) is 8.36. The van der Waals surface area contributed by atoms with Crippen molar-refractivity contribution < 1.29 is 13.8 Å². The van der Waals surface area contributed by atoms with Gasteiger partial charge in [-0.25, -0.2) is 9.82 Å². The number of hydrazine groups is 1. The molecule has 1 aromatic rings. The molecule has 5 rings (SSSR count). The van der Waals surface area contributed by atoms with Gasteiger partial charge in [0.15, 0.2) is 0 Å². The Labute approximate surface area is 172 Å². The minimum absolute atomic E-state index is 0.0834. The van der Waals surface area contributed by atoms with Crippen molar-refractivity contribution in [2.24, 2.45) is 11.8 Å². The number of benzene rings is 1. The quantitative estimate of drug-likeness (QED) is 0.737. The summed E-state index contributed by atoms with van der Waals surface area (Å²) in [5.74, 6) is 0.193. The molecular weight excluding hydrogens is 388 g/mol. The molecule has 158 valence electrons.